The third-order valence-corrected chi connectivity index (χ3v) is 5.01. The second-order valence-corrected chi connectivity index (χ2v) is 7.59. The summed E-state index contributed by atoms with van der Waals surface area (Å²) in [4.78, 5) is 25.1. The first kappa shape index (κ1) is 25.8. The number of ether oxygens (including phenoxy) is 2. The summed E-state index contributed by atoms with van der Waals surface area (Å²) in [5.41, 5.74) is 3.98. The van der Waals surface area contributed by atoms with Gasteiger partial charge in [-0.2, -0.15) is 0 Å². The van der Waals surface area contributed by atoms with Gasteiger partial charge in [0, 0.05) is 46.2 Å². The van der Waals surface area contributed by atoms with Crippen LogP contribution in [-0.4, -0.2) is 43.1 Å². The summed E-state index contributed by atoms with van der Waals surface area (Å²) in [6, 6.07) is 16.0. The molecule has 2 rings (SSSR count). The molecule has 2 atom stereocenters. The average Bonchev–Trinajstić information content (AvgIpc) is 2.82. The number of amides is 2. The predicted molar refractivity (Wildman–Crippen MR) is 129 cm³/mol. The summed E-state index contributed by atoms with van der Waals surface area (Å²) in [6.07, 6.45) is 0.687. The fraction of sp³-hybridized carbons (Fsp3) is 0.333. The molecule has 32 heavy (non-hydrogen) atoms. The van der Waals surface area contributed by atoms with E-state index in [1.54, 1.807) is 29.7 Å². The zero-order valence-corrected chi connectivity index (χ0v) is 20.0. The van der Waals surface area contributed by atoms with E-state index in [0.717, 1.165) is 11.1 Å². The van der Waals surface area contributed by atoms with Crippen LogP contribution in [0.4, 0.5) is 0 Å². The van der Waals surface area contributed by atoms with Crippen LogP contribution in [0.5, 0.6) is 0 Å². The van der Waals surface area contributed by atoms with Crippen LogP contribution in [0.3, 0.4) is 0 Å². The molecule has 7 nitrogen and oxygen atoms in total. The molecule has 0 radical (unpaired) electrons. The highest BCUT2D eigenvalue weighted by atomic mass is 127. The van der Waals surface area contributed by atoms with Gasteiger partial charge in [0.15, 0.2) is 0 Å². The van der Waals surface area contributed by atoms with E-state index in [1.807, 2.05) is 59.8 Å². The minimum Gasteiger partial charge on any atom is -0.356 e. The minimum absolute atomic E-state index is 0.0854. The summed E-state index contributed by atoms with van der Waals surface area (Å²) >= 11 is 1.96. The monoisotopic (exact) mass is 550 g/mol. The molecule has 2 aromatic carbocycles. The second-order valence-electron chi connectivity index (χ2n) is 7.05. The Hall–Kier alpha value is -2.45. The topological polar surface area (TPSA) is 96.9 Å². The molecule has 2 aromatic rings. The van der Waals surface area contributed by atoms with Gasteiger partial charge in [-0.25, -0.2) is 5.48 Å². The number of hydrogen-bond acceptors (Lipinski definition) is 5. The van der Waals surface area contributed by atoms with Crippen molar-refractivity contribution in [1.82, 2.24) is 10.8 Å². The maximum Gasteiger partial charge on any atom is 0.251 e. The molecule has 3 N–H and O–H groups in total. The van der Waals surface area contributed by atoms with Gasteiger partial charge in [0.25, 0.3) is 5.91 Å². The lowest BCUT2D eigenvalue weighted by Crippen LogP contribution is -2.42. The molecule has 0 saturated carbocycles. The van der Waals surface area contributed by atoms with Crippen LogP contribution >= 0.6 is 22.6 Å². The highest BCUT2D eigenvalue weighted by molar-refractivity contribution is 14.1. The van der Waals surface area contributed by atoms with E-state index in [9.17, 15) is 14.8 Å². The SMILES string of the molecule is CCOCOCC(CC(Cc1ccccc1)C(=O)NO)NC(=O)c1ccc(C#CI)cc1. The van der Waals surface area contributed by atoms with Crippen LogP contribution in [-0.2, 0) is 20.7 Å². The fourth-order valence-electron chi connectivity index (χ4n) is 3.15. The van der Waals surface area contributed by atoms with Crippen LogP contribution < -0.4 is 10.8 Å². The third-order valence-electron chi connectivity index (χ3n) is 4.74. The molecule has 0 aliphatic heterocycles. The van der Waals surface area contributed by atoms with Crippen molar-refractivity contribution in [1.29, 1.82) is 0 Å². The highest BCUT2D eigenvalue weighted by Crippen LogP contribution is 2.16. The highest BCUT2D eigenvalue weighted by Gasteiger charge is 2.25. The van der Waals surface area contributed by atoms with Crippen LogP contribution in [0.25, 0.3) is 0 Å². The summed E-state index contributed by atoms with van der Waals surface area (Å²) in [7, 11) is 0. The molecule has 170 valence electrons. The van der Waals surface area contributed by atoms with Gasteiger partial charge in [0.1, 0.15) is 6.79 Å². The Kier molecular flexibility index (Phi) is 11.8. The van der Waals surface area contributed by atoms with E-state index in [-0.39, 0.29) is 25.7 Å². The van der Waals surface area contributed by atoms with E-state index in [1.165, 1.54) is 0 Å². The molecule has 0 aliphatic rings. The predicted octanol–water partition coefficient (Wildman–Crippen LogP) is 3.29. The van der Waals surface area contributed by atoms with Crippen molar-refractivity contribution in [3.63, 3.8) is 0 Å². The lowest BCUT2D eigenvalue weighted by Gasteiger charge is -2.24. The molecule has 0 heterocycles. The lowest BCUT2D eigenvalue weighted by atomic mass is 9.92. The Morgan fingerprint density at radius 3 is 2.44 bits per heavy atom. The number of halogens is 1. The maximum absolute atomic E-state index is 12.8. The molecular formula is C24H27IN2O5. The first-order valence-corrected chi connectivity index (χ1v) is 11.3. The number of carbonyl (C=O) groups is 2. The van der Waals surface area contributed by atoms with Gasteiger partial charge >= 0.3 is 0 Å². The van der Waals surface area contributed by atoms with Gasteiger partial charge in [-0.05, 0) is 53.5 Å². The number of hydroxylamine groups is 1. The quantitative estimate of drug-likeness (QED) is 0.0942. The maximum atomic E-state index is 12.8. The van der Waals surface area contributed by atoms with Crippen molar-refractivity contribution in [3.8, 4) is 9.85 Å². The molecule has 0 aliphatic carbocycles. The van der Waals surface area contributed by atoms with Gasteiger partial charge in [-0.15, -0.1) is 0 Å². The summed E-state index contributed by atoms with van der Waals surface area (Å²) in [5.74, 6) is 1.56. The zero-order chi connectivity index (χ0) is 23.2. The van der Waals surface area contributed by atoms with Crippen LogP contribution in [0.2, 0.25) is 0 Å². The molecular weight excluding hydrogens is 523 g/mol. The number of benzene rings is 2. The van der Waals surface area contributed by atoms with Gasteiger partial charge in [0.2, 0.25) is 5.91 Å². The van der Waals surface area contributed by atoms with Crippen LogP contribution in [0.1, 0.15) is 34.8 Å². The van der Waals surface area contributed by atoms with Gasteiger partial charge in [-0.3, -0.25) is 14.8 Å². The Morgan fingerprint density at radius 2 is 1.81 bits per heavy atom. The Morgan fingerprint density at radius 1 is 1.09 bits per heavy atom. The lowest BCUT2D eigenvalue weighted by molar-refractivity contribution is -0.134. The zero-order valence-electron chi connectivity index (χ0n) is 17.8. The Labute approximate surface area is 202 Å². The molecule has 0 spiro atoms. The average molecular weight is 550 g/mol. The molecule has 8 heteroatoms. The molecule has 2 amide bonds. The normalized spacial score (nSPS) is 12.2. The van der Waals surface area contributed by atoms with Crippen LogP contribution in [0, 0.1) is 15.8 Å². The van der Waals surface area contributed by atoms with E-state index < -0.39 is 17.9 Å². The minimum atomic E-state index is -0.565. The smallest absolute Gasteiger partial charge is 0.251 e. The van der Waals surface area contributed by atoms with Crippen molar-refractivity contribution in [2.24, 2.45) is 5.92 Å². The third kappa shape index (κ3) is 8.96. The first-order chi connectivity index (χ1) is 15.6. The van der Waals surface area contributed by atoms with E-state index >= 15 is 0 Å². The second kappa shape index (κ2) is 14.6. The molecule has 0 fully saturated rings. The van der Waals surface area contributed by atoms with Crippen molar-refractivity contribution in [2.45, 2.75) is 25.8 Å². The molecule has 0 aromatic heterocycles. The van der Waals surface area contributed by atoms with E-state index in [4.69, 9.17) is 9.47 Å². The number of rotatable bonds is 12. The summed E-state index contributed by atoms with van der Waals surface area (Å²) < 4.78 is 13.5. The number of hydrogen-bond donors (Lipinski definition) is 3. The van der Waals surface area contributed by atoms with Gasteiger partial charge < -0.3 is 14.8 Å². The summed E-state index contributed by atoms with van der Waals surface area (Å²) in [6.45, 7) is 2.61. The van der Waals surface area contributed by atoms with Crippen molar-refractivity contribution in [3.05, 3.63) is 71.3 Å². The van der Waals surface area contributed by atoms with Crippen molar-refractivity contribution in [2.75, 3.05) is 20.0 Å². The van der Waals surface area contributed by atoms with E-state index in [2.05, 4.69) is 15.2 Å². The van der Waals surface area contributed by atoms with Crippen LogP contribution in [0.15, 0.2) is 54.6 Å². The Balaban J connectivity index is 2.12. The number of nitrogens with one attached hydrogen (secondary N) is 2. The van der Waals surface area contributed by atoms with E-state index in [0.29, 0.717) is 18.6 Å². The largest absolute Gasteiger partial charge is 0.356 e. The van der Waals surface area contributed by atoms with Gasteiger partial charge in [0.05, 0.1) is 12.6 Å². The standard InChI is InChI=1S/C24H27IN2O5/c1-2-31-17-32-16-22(26-23(28)20-10-8-18(9-11-20)12-13-25)15-21(24(29)27-30)14-19-6-4-3-5-7-19/h3-11,21-22,30H,2,14-17H2,1H3,(H,26,28)(H,27,29). The molecule has 0 bridgehead atoms. The first-order valence-electron chi connectivity index (χ1n) is 10.2. The van der Waals surface area contributed by atoms with Gasteiger partial charge in [-0.1, -0.05) is 36.3 Å². The molecule has 2 unspecified atom stereocenters. The van der Waals surface area contributed by atoms with Crippen molar-refractivity contribution >= 4 is 34.4 Å². The Bertz CT molecular complexity index is 909. The number of carbonyl (C=O) groups excluding carboxylic acids is 2. The summed E-state index contributed by atoms with van der Waals surface area (Å²) in [5, 5.41) is 12.2. The fourth-order valence-corrected chi connectivity index (χ4v) is 3.46. The van der Waals surface area contributed by atoms with Crippen molar-refractivity contribution < 1.29 is 24.3 Å². The molecule has 0 saturated heterocycles.